The van der Waals surface area contributed by atoms with Crippen LogP contribution in [0.1, 0.15) is 49.4 Å². The molecule has 1 aromatic heterocycles. The van der Waals surface area contributed by atoms with Crippen molar-refractivity contribution in [3.63, 3.8) is 0 Å². The van der Waals surface area contributed by atoms with E-state index in [2.05, 4.69) is 11.9 Å². The lowest BCUT2D eigenvalue weighted by molar-refractivity contribution is 0.0697. The number of ether oxygens (including phenoxy) is 1. The van der Waals surface area contributed by atoms with Crippen LogP contribution in [0.2, 0.25) is 0 Å². The van der Waals surface area contributed by atoms with E-state index in [-0.39, 0.29) is 5.56 Å². The lowest BCUT2D eigenvalue weighted by Gasteiger charge is -2.06. The number of unbranched alkanes of at least 4 members (excludes halogenated alkanes) is 4. The van der Waals surface area contributed by atoms with Crippen LogP contribution in [0.4, 0.5) is 0 Å². The van der Waals surface area contributed by atoms with Crippen LogP contribution in [-0.4, -0.2) is 22.7 Å². The summed E-state index contributed by atoms with van der Waals surface area (Å²) in [5, 5.41) is 8.90. The van der Waals surface area contributed by atoms with Crippen molar-refractivity contribution in [1.82, 2.24) is 4.98 Å². The van der Waals surface area contributed by atoms with Gasteiger partial charge >= 0.3 is 5.97 Å². The van der Waals surface area contributed by atoms with Gasteiger partial charge in [0.2, 0.25) is 5.88 Å². The summed E-state index contributed by atoms with van der Waals surface area (Å²) < 4.78 is 5.64. The summed E-state index contributed by atoms with van der Waals surface area (Å²) in [7, 11) is 0. The fourth-order valence-corrected chi connectivity index (χ4v) is 2.32. The number of aromatic nitrogens is 1. The Bertz CT molecular complexity index is 606. The molecule has 0 amide bonds. The number of carboxylic acids is 1. The maximum Gasteiger partial charge on any atom is 0.335 e. The Morgan fingerprint density at radius 1 is 1.00 bits per heavy atom. The van der Waals surface area contributed by atoms with Crippen LogP contribution in [0.3, 0.4) is 0 Å². The van der Waals surface area contributed by atoms with Crippen molar-refractivity contribution < 1.29 is 14.6 Å². The molecule has 0 unspecified atom stereocenters. The number of carboxylic acid groups (broad SMARTS) is 1. The van der Waals surface area contributed by atoms with Gasteiger partial charge in [0.05, 0.1) is 12.2 Å². The summed E-state index contributed by atoms with van der Waals surface area (Å²) in [6, 6.07) is 10.6. The Balaban J connectivity index is 1.85. The molecule has 0 fully saturated rings. The van der Waals surface area contributed by atoms with Gasteiger partial charge in [-0.1, -0.05) is 44.7 Å². The second kappa shape index (κ2) is 8.93. The molecule has 4 heteroatoms. The number of hydrogen-bond donors (Lipinski definition) is 1. The molecule has 0 saturated heterocycles. The first-order chi connectivity index (χ1) is 11.2. The van der Waals surface area contributed by atoms with Crippen molar-refractivity contribution in [3.8, 4) is 17.0 Å². The number of benzene rings is 1. The smallest absolute Gasteiger partial charge is 0.335 e. The molecule has 0 bridgehead atoms. The van der Waals surface area contributed by atoms with E-state index in [1.807, 2.05) is 12.1 Å². The molecule has 0 aliphatic carbocycles. The third kappa shape index (κ3) is 5.40. The second-order valence-corrected chi connectivity index (χ2v) is 5.53. The average Bonchev–Trinajstić information content (AvgIpc) is 2.58. The van der Waals surface area contributed by atoms with Gasteiger partial charge in [-0.15, -0.1) is 0 Å². The van der Waals surface area contributed by atoms with Crippen molar-refractivity contribution in [1.29, 1.82) is 0 Å². The molecule has 4 nitrogen and oxygen atoms in total. The topological polar surface area (TPSA) is 59.4 Å². The highest BCUT2D eigenvalue weighted by Crippen LogP contribution is 2.21. The van der Waals surface area contributed by atoms with E-state index in [1.54, 1.807) is 30.5 Å². The van der Waals surface area contributed by atoms with Crippen LogP contribution in [0.15, 0.2) is 42.6 Å². The first-order valence-corrected chi connectivity index (χ1v) is 8.13. The summed E-state index contributed by atoms with van der Waals surface area (Å²) in [5.74, 6) is -0.288. The molecule has 1 heterocycles. The maximum atomic E-state index is 10.8. The van der Waals surface area contributed by atoms with Gasteiger partial charge in [0.25, 0.3) is 0 Å². The Morgan fingerprint density at radius 2 is 1.70 bits per heavy atom. The molecule has 0 saturated carbocycles. The van der Waals surface area contributed by atoms with Gasteiger partial charge in [0.15, 0.2) is 0 Å². The molecule has 1 aromatic carbocycles. The number of carbonyl (C=O) groups is 1. The van der Waals surface area contributed by atoms with Gasteiger partial charge < -0.3 is 9.84 Å². The fraction of sp³-hybridized carbons (Fsp3) is 0.368. The third-order valence-electron chi connectivity index (χ3n) is 3.70. The van der Waals surface area contributed by atoms with Crippen molar-refractivity contribution in [2.45, 2.75) is 39.0 Å². The van der Waals surface area contributed by atoms with Crippen molar-refractivity contribution >= 4 is 5.97 Å². The molecule has 0 spiro atoms. The highest BCUT2D eigenvalue weighted by molar-refractivity contribution is 5.88. The summed E-state index contributed by atoms with van der Waals surface area (Å²) in [6.07, 6.45) is 7.80. The van der Waals surface area contributed by atoms with Gasteiger partial charge in [-0.25, -0.2) is 9.78 Å². The van der Waals surface area contributed by atoms with E-state index in [0.29, 0.717) is 12.5 Å². The van der Waals surface area contributed by atoms with Gasteiger partial charge in [0, 0.05) is 17.8 Å². The van der Waals surface area contributed by atoms with Crippen LogP contribution >= 0.6 is 0 Å². The van der Waals surface area contributed by atoms with E-state index < -0.39 is 5.97 Å². The van der Waals surface area contributed by atoms with E-state index in [4.69, 9.17) is 9.84 Å². The lowest BCUT2D eigenvalue weighted by atomic mass is 10.1. The number of rotatable bonds is 9. The van der Waals surface area contributed by atoms with Crippen LogP contribution in [0.5, 0.6) is 5.88 Å². The first-order valence-electron chi connectivity index (χ1n) is 8.13. The standard InChI is InChI=1S/C19H23NO3/c1-2-3-4-5-6-13-23-18-12-11-17(14-20-18)15-7-9-16(10-8-15)19(21)22/h7-12,14H,2-6,13H2,1H3,(H,21,22). The molecule has 23 heavy (non-hydrogen) atoms. The summed E-state index contributed by atoms with van der Waals surface area (Å²) in [6.45, 7) is 2.90. The van der Waals surface area contributed by atoms with Crippen molar-refractivity contribution in [3.05, 3.63) is 48.2 Å². The Labute approximate surface area is 137 Å². The zero-order valence-corrected chi connectivity index (χ0v) is 13.5. The summed E-state index contributed by atoms with van der Waals surface area (Å²) in [5.41, 5.74) is 2.16. The monoisotopic (exact) mass is 313 g/mol. The van der Waals surface area contributed by atoms with Crippen LogP contribution in [0.25, 0.3) is 11.1 Å². The number of pyridine rings is 1. The van der Waals surface area contributed by atoms with Gasteiger partial charge in [-0.2, -0.15) is 0 Å². The molecule has 1 N–H and O–H groups in total. The minimum Gasteiger partial charge on any atom is -0.478 e. The Morgan fingerprint density at radius 3 is 2.30 bits per heavy atom. The molecule has 2 aromatic rings. The molecule has 0 atom stereocenters. The maximum absolute atomic E-state index is 10.8. The molecular formula is C19H23NO3. The molecule has 0 radical (unpaired) electrons. The summed E-state index contributed by atoms with van der Waals surface area (Å²) >= 11 is 0. The third-order valence-corrected chi connectivity index (χ3v) is 3.70. The van der Waals surface area contributed by atoms with Crippen molar-refractivity contribution in [2.24, 2.45) is 0 Å². The first kappa shape index (κ1) is 17.0. The SMILES string of the molecule is CCCCCCCOc1ccc(-c2ccc(C(=O)O)cc2)cn1. The number of nitrogens with zero attached hydrogens (tertiary/aromatic N) is 1. The highest BCUT2D eigenvalue weighted by Gasteiger charge is 2.04. The van der Waals surface area contributed by atoms with E-state index in [0.717, 1.165) is 17.5 Å². The molecular weight excluding hydrogens is 290 g/mol. The van der Waals surface area contributed by atoms with Gasteiger partial charge in [-0.05, 0) is 30.2 Å². The number of hydrogen-bond acceptors (Lipinski definition) is 3. The number of aromatic carboxylic acids is 1. The van der Waals surface area contributed by atoms with E-state index in [9.17, 15) is 4.79 Å². The minimum atomic E-state index is -0.919. The molecule has 0 aliphatic heterocycles. The van der Waals surface area contributed by atoms with Crippen LogP contribution in [-0.2, 0) is 0 Å². The molecule has 122 valence electrons. The van der Waals surface area contributed by atoms with Crippen molar-refractivity contribution in [2.75, 3.05) is 6.61 Å². The Kier molecular flexibility index (Phi) is 6.60. The van der Waals surface area contributed by atoms with E-state index in [1.165, 1.54) is 25.7 Å². The van der Waals surface area contributed by atoms with Gasteiger partial charge in [0.1, 0.15) is 0 Å². The van der Waals surface area contributed by atoms with E-state index >= 15 is 0 Å². The Hall–Kier alpha value is -2.36. The lowest BCUT2D eigenvalue weighted by Crippen LogP contribution is -1.99. The second-order valence-electron chi connectivity index (χ2n) is 5.53. The zero-order valence-electron chi connectivity index (χ0n) is 13.5. The zero-order chi connectivity index (χ0) is 16.5. The predicted octanol–water partition coefficient (Wildman–Crippen LogP) is 4.80. The normalized spacial score (nSPS) is 10.5. The minimum absolute atomic E-state index is 0.282. The molecule has 0 aliphatic rings. The fourth-order valence-electron chi connectivity index (χ4n) is 2.32. The summed E-state index contributed by atoms with van der Waals surface area (Å²) in [4.78, 5) is 15.2. The van der Waals surface area contributed by atoms with Gasteiger partial charge in [-0.3, -0.25) is 0 Å². The predicted molar refractivity (Wildman–Crippen MR) is 90.9 cm³/mol. The largest absolute Gasteiger partial charge is 0.478 e. The van der Waals surface area contributed by atoms with Crippen LogP contribution in [0, 0.1) is 0 Å². The quantitative estimate of drug-likeness (QED) is 0.676. The highest BCUT2D eigenvalue weighted by atomic mass is 16.5. The molecule has 2 rings (SSSR count). The van der Waals surface area contributed by atoms with Crippen LogP contribution < -0.4 is 4.74 Å². The average molecular weight is 313 g/mol.